The van der Waals surface area contributed by atoms with E-state index in [2.05, 4.69) is 15.9 Å². The first-order chi connectivity index (χ1) is 9.10. The second kappa shape index (κ2) is 5.87. The molecule has 2 rings (SSSR count). The van der Waals surface area contributed by atoms with Gasteiger partial charge in [-0.3, -0.25) is 0 Å². The lowest BCUT2D eigenvalue weighted by Crippen LogP contribution is -2.08. The van der Waals surface area contributed by atoms with E-state index in [1.807, 2.05) is 6.07 Å². The molecule has 0 fully saturated rings. The molecule has 2 aromatic carbocycles. The van der Waals surface area contributed by atoms with Crippen LogP contribution in [0.1, 0.15) is 15.9 Å². The van der Waals surface area contributed by atoms with Gasteiger partial charge in [0.25, 0.3) is 0 Å². The van der Waals surface area contributed by atoms with E-state index in [1.165, 1.54) is 6.07 Å². The maximum atomic E-state index is 11.9. The Morgan fingerprint density at radius 3 is 2.74 bits per heavy atom. The molecule has 0 heterocycles. The summed E-state index contributed by atoms with van der Waals surface area (Å²) in [5.41, 5.74) is 0.727. The molecule has 5 heteroatoms. The summed E-state index contributed by atoms with van der Waals surface area (Å²) in [6.07, 6.45) is 0. The molecule has 0 amide bonds. The molecule has 0 aliphatic heterocycles. The van der Waals surface area contributed by atoms with Crippen LogP contribution in [0.2, 0.25) is 5.02 Å². The third-order valence-corrected chi connectivity index (χ3v) is 3.18. The average Bonchev–Trinajstić information content (AvgIpc) is 2.42. The number of carbonyl (C=O) groups excluding carboxylic acids is 1. The van der Waals surface area contributed by atoms with E-state index in [-0.39, 0.29) is 0 Å². The number of nitriles is 1. The van der Waals surface area contributed by atoms with E-state index in [4.69, 9.17) is 21.6 Å². The van der Waals surface area contributed by atoms with Gasteiger partial charge in [0, 0.05) is 5.02 Å². The van der Waals surface area contributed by atoms with Crippen LogP contribution in [-0.4, -0.2) is 5.97 Å². The lowest BCUT2D eigenvalue weighted by atomic mass is 10.1. The van der Waals surface area contributed by atoms with Gasteiger partial charge in [0.2, 0.25) is 0 Å². The first-order valence-corrected chi connectivity index (χ1v) is 6.44. The van der Waals surface area contributed by atoms with E-state index in [0.717, 1.165) is 0 Å². The number of hydrogen-bond acceptors (Lipinski definition) is 3. The van der Waals surface area contributed by atoms with Crippen molar-refractivity contribution in [2.24, 2.45) is 0 Å². The molecule has 0 aliphatic carbocycles. The maximum absolute atomic E-state index is 11.9. The van der Waals surface area contributed by atoms with Crippen LogP contribution in [-0.2, 0) is 0 Å². The third kappa shape index (κ3) is 3.34. The van der Waals surface area contributed by atoms with Crippen LogP contribution in [0.5, 0.6) is 5.75 Å². The predicted molar refractivity (Wildman–Crippen MR) is 75.3 cm³/mol. The summed E-state index contributed by atoms with van der Waals surface area (Å²) in [7, 11) is 0. The van der Waals surface area contributed by atoms with Gasteiger partial charge in [0.15, 0.2) is 0 Å². The van der Waals surface area contributed by atoms with Crippen LogP contribution < -0.4 is 4.74 Å². The molecule has 19 heavy (non-hydrogen) atoms. The molecule has 0 saturated carbocycles. The Morgan fingerprint density at radius 2 is 2.05 bits per heavy atom. The van der Waals surface area contributed by atoms with Gasteiger partial charge in [-0.25, -0.2) is 4.79 Å². The second-order valence-corrected chi connectivity index (χ2v) is 4.95. The van der Waals surface area contributed by atoms with Crippen molar-refractivity contribution in [3.63, 3.8) is 0 Å². The van der Waals surface area contributed by atoms with E-state index >= 15 is 0 Å². The van der Waals surface area contributed by atoms with Gasteiger partial charge in [0.1, 0.15) is 5.75 Å². The van der Waals surface area contributed by atoms with Crippen LogP contribution in [0.25, 0.3) is 0 Å². The summed E-state index contributed by atoms with van der Waals surface area (Å²) >= 11 is 9.07. The first kappa shape index (κ1) is 13.6. The molecule has 0 atom stereocenters. The number of halogens is 2. The molecule has 0 unspecified atom stereocenters. The van der Waals surface area contributed by atoms with Gasteiger partial charge in [-0.15, -0.1) is 0 Å². The Morgan fingerprint density at radius 1 is 1.26 bits per heavy atom. The molecule has 0 bridgehead atoms. The fourth-order valence-electron chi connectivity index (χ4n) is 1.43. The van der Waals surface area contributed by atoms with Crippen LogP contribution >= 0.6 is 27.5 Å². The zero-order valence-corrected chi connectivity index (χ0v) is 11.9. The summed E-state index contributed by atoms with van der Waals surface area (Å²) in [6, 6.07) is 13.1. The van der Waals surface area contributed by atoms with Crippen molar-refractivity contribution in [2.75, 3.05) is 0 Å². The number of carbonyl (C=O) groups is 1. The Kier molecular flexibility index (Phi) is 4.20. The third-order valence-electron chi connectivity index (χ3n) is 2.32. The van der Waals surface area contributed by atoms with Crippen LogP contribution in [0.15, 0.2) is 46.9 Å². The lowest BCUT2D eigenvalue weighted by molar-refractivity contribution is 0.0733. The van der Waals surface area contributed by atoms with E-state index in [1.54, 1.807) is 36.4 Å². The number of nitrogens with zero attached hydrogens (tertiary/aromatic N) is 1. The highest BCUT2D eigenvalue weighted by Gasteiger charge is 2.11. The molecule has 0 aliphatic rings. The topological polar surface area (TPSA) is 50.1 Å². The van der Waals surface area contributed by atoms with Crippen molar-refractivity contribution < 1.29 is 9.53 Å². The van der Waals surface area contributed by atoms with Gasteiger partial charge >= 0.3 is 5.97 Å². The Hall–Kier alpha value is -1.83. The number of hydrogen-bond donors (Lipinski definition) is 0. The van der Waals surface area contributed by atoms with Gasteiger partial charge < -0.3 is 4.74 Å². The highest BCUT2D eigenvalue weighted by atomic mass is 79.9. The molecule has 0 saturated heterocycles. The largest absolute Gasteiger partial charge is 0.422 e. The first-order valence-electron chi connectivity index (χ1n) is 5.27. The van der Waals surface area contributed by atoms with Crippen LogP contribution in [0.4, 0.5) is 0 Å². The molecule has 2 aromatic rings. The molecule has 3 nitrogen and oxygen atoms in total. The van der Waals surface area contributed by atoms with Gasteiger partial charge in [0.05, 0.1) is 21.7 Å². The lowest BCUT2D eigenvalue weighted by Gasteiger charge is -2.06. The van der Waals surface area contributed by atoms with Crippen molar-refractivity contribution in [3.8, 4) is 11.8 Å². The Labute approximate surface area is 123 Å². The number of esters is 1. The fraction of sp³-hybridized carbons (Fsp3) is 0. The van der Waals surface area contributed by atoms with Crippen LogP contribution in [0.3, 0.4) is 0 Å². The summed E-state index contributed by atoms with van der Waals surface area (Å²) in [4.78, 5) is 11.9. The number of rotatable bonds is 2. The zero-order valence-electron chi connectivity index (χ0n) is 9.56. The second-order valence-electron chi connectivity index (χ2n) is 3.66. The van der Waals surface area contributed by atoms with E-state index < -0.39 is 5.97 Å². The molecule has 0 N–H and O–H groups in total. The highest BCUT2D eigenvalue weighted by Crippen LogP contribution is 2.28. The van der Waals surface area contributed by atoms with E-state index in [9.17, 15) is 4.79 Å². The van der Waals surface area contributed by atoms with E-state index in [0.29, 0.717) is 26.4 Å². The summed E-state index contributed by atoms with van der Waals surface area (Å²) in [6.45, 7) is 0. The quantitative estimate of drug-likeness (QED) is 0.610. The van der Waals surface area contributed by atoms with Gasteiger partial charge in [-0.2, -0.15) is 5.26 Å². The average molecular weight is 337 g/mol. The van der Waals surface area contributed by atoms with Crippen molar-refractivity contribution in [1.82, 2.24) is 0 Å². The Bertz CT molecular complexity index is 679. The molecule has 0 spiro atoms. The fourth-order valence-corrected chi connectivity index (χ4v) is 2.20. The molecule has 0 aromatic heterocycles. The van der Waals surface area contributed by atoms with Crippen LogP contribution in [0, 0.1) is 11.3 Å². The van der Waals surface area contributed by atoms with Crippen molar-refractivity contribution in [2.45, 2.75) is 0 Å². The predicted octanol–water partition coefficient (Wildman–Crippen LogP) is 4.19. The zero-order chi connectivity index (χ0) is 13.8. The summed E-state index contributed by atoms with van der Waals surface area (Å²) in [5.74, 6) is -0.156. The van der Waals surface area contributed by atoms with Gasteiger partial charge in [-0.1, -0.05) is 17.7 Å². The van der Waals surface area contributed by atoms with Crippen molar-refractivity contribution in [1.29, 1.82) is 5.26 Å². The molecular formula is C14H7BrClNO2. The monoisotopic (exact) mass is 335 g/mol. The SMILES string of the molecule is N#Cc1cccc(C(=O)Oc2ccc(Cl)cc2Br)c1. The summed E-state index contributed by atoms with van der Waals surface area (Å²) in [5, 5.41) is 9.32. The number of benzene rings is 2. The minimum Gasteiger partial charge on any atom is -0.422 e. The van der Waals surface area contributed by atoms with Crippen molar-refractivity contribution >= 4 is 33.5 Å². The van der Waals surface area contributed by atoms with Gasteiger partial charge in [-0.05, 0) is 52.3 Å². The smallest absolute Gasteiger partial charge is 0.343 e. The molecular weight excluding hydrogens is 330 g/mol. The number of ether oxygens (including phenoxy) is 1. The molecule has 94 valence electrons. The minimum atomic E-state index is -0.528. The maximum Gasteiger partial charge on any atom is 0.343 e. The van der Waals surface area contributed by atoms with Crippen molar-refractivity contribution in [3.05, 3.63) is 63.1 Å². The highest BCUT2D eigenvalue weighted by molar-refractivity contribution is 9.10. The molecule has 0 radical (unpaired) electrons. The normalized spacial score (nSPS) is 9.74. The Balaban J connectivity index is 2.23. The summed E-state index contributed by atoms with van der Waals surface area (Å²) < 4.78 is 5.82. The standard InChI is InChI=1S/C14H7BrClNO2/c15-12-7-11(16)4-5-13(12)19-14(18)10-3-1-2-9(6-10)8-17/h1-7H. The minimum absolute atomic E-state index is 0.320.